The van der Waals surface area contributed by atoms with E-state index in [0.29, 0.717) is 23.6 Å². The highest BCUT2D eigenvalue weighted by Crippen LogP contribution is 2.38. The van der Waals surface area contributed by atoms with E-state index in [0.717, 1.165) is 19.7 Å². The summed E-state index contributed by atoms with van der Waals surface area (Å²) >= 11 is 0. The summed E-state index contributed by atoms with van der Waals surface area (Å²) in [6, 6.07) is 1.32. The van der Waals surface area contributed by atoms with E-state index in [1.165, 1.54) is 38.6 Å². The third kappa shape index (κ3) is 3.75. The molecule has 2 rings (SSSR count). The Morgan fingerprint density at radius 3 is 2.70 bits per heavy atom. The van der Waals surface area contributed by atoms with Crippen molar-refractivity contribution in [3.8, 4) is 0 Å². The second-order valence-electron chi connectivity index (χ2n) is 7.20. The van der Waals surface area contributed by atoms with Crippen molar-refractivity contribution in [3.63, 3.8) is 0 Å². The molecule has 20 heavy (non-hydrogen) atoms. The Morgan fingerprint density at radius 1 is 1.20 bits per heavy atom. The number of hydrogen-bond acceptors (Lipinski definition) is 3. The average Bonchev–Trinajstić information content (AvgIpc) is 2.42. The second kappa shape index (κ2) is 7.24. The molecular formula is C17H34N2O. The third-order valence-corrected chi connectivity index (χ3v) is 5.25. The predicted molar refractivity (Wildman–Crippen MR) is 85.1 cm³/mol. The van der Waals surface area contributed by atoms with E-state index in [9.17, 15) is 0 Å². The van der Waals surface area contributed by atoms with Gasteiger partial charge in [0.2, 0.25) is 0 Å². The highest BCUT2D eigenvalue weighted by atomic mass is 16.5. The molecule has 0 aromatic rings. The molecule has 2 aliphatic rings. The molecule has 1 saturated heterocycles. The number of nitrogens with one attached hydrogen (secondary N) is 1. The zero-order valence-electron chi connectivity index (χ0n) is 14.0. The normalized spacial score (nSPS) is 35.1. The molecule has 0 spiro atoms. The summed E-state index contributed by atoms with van der Waals surface area (Å²) in [6.07, 6.45) is 7.06. The molecule has 1 heterocycles. The number of ether oxygens (including phenoxy) is 1. The van der Waals surface area contributed by atoms with E-state index in [2.05, 4.69) is 37.9 Å². The van der Waals surface area contributed by atoms with Crippen LogP contribution in [0, 0.1) is 5.41 Å². The quantitative estimate of drug-likeness (QED) is 0.839. The molecule has 0 bridgehead atoms. The Morgan fingerprint density at radius 2 is 2.00 bits per heavy atom. The van der Waals surface area contributed by atoms with E-state index in [1.54, 1.807) is 0 Å². The zero-order valence-corrected chi connectivity index (χ0v) is 14.0. The Kier molecular flexibility index (Phi) is 5.88. The molecule has 3 unspecified atom stereocenters. The average molecular weight is 282 g/mol. The minimum absolute atomic E-state index is 0.414. The lowest BCUT2D eigenvalue weighted by Crippen LogP contribution is -2.60. The van der Waals surface area contributed by atoms with Crippen LogP contribution in [0.3, 0.4) is 0 Å². The lowest BCUT2D eigenvalue weighted by Gasteiger charge is -2.50. The number of likely N-dealkylation sites (tertiary alicyclic amines) is 1. The van der Waals surface area contributed by atoms with E-state index in [4.69, 9.17) is 4.74 Å². The smallest absolute Gasteiger partial charge is 0.0702 e. The molecule has 0 amide bonds. The van der Waals surface area contributed by atoms with Crippen LogP contribution in [-0.4, -0.2) is 49.3 Å². The summed E-state index contributed by atoms with van der Waals surface area (Å²) in [6.45, 7) is 13.6. The number of likely N-dealkylation sites (N-methyl/N-ethyl adjacent to an activating group) is 1. The van der Waals surface area contributed by atoms with Crippen LogP contribution >= 0.6 is 0 Å². The van der Waals surface area contributed by atoms with Gasteiger partial charge in [-0.15, -0.1) is 0 Å². The van der Waals surface area contributed by atoms with Crippen molar-refractivity contribution < 1.29 is 4.74 Å². The number of piperidine rings is 1. The van der Waals surface area contributed by atoms with Crippen LogP contribution in [0.5, 0.6) is 0 Å². The van der Waals surface area contributed by atoms with Crippen molar-refractivity contribution in [2.24, 2.45) is 5.41 Å². The highest BCUT2D eigenvalue weighted by Gasteiger charge is 2.41. The number of hydrogen-bond donors (Lipinski definition) is 1. The van der Waals surface area contributed by atoms with Gasteiger partial charge in [0.1, 0.15) is 0 Å². The standard InChI is InChI=1S/C17H34N2O/c1-5-18-16-15(10-7-11-17(16,3)4)19-12-8-9-14(13-19)20-6-2/h14-16,18H,5-13H2,1-4H3. The van der Waals surface area contributed by atoms with Crippen molar-refractivity contribution in [2.45, 2.75) is 78.0 Å². The van der Waals surface area contributed by atoms with Gasteiger partial charge in [-0.25, -0.2) is 0 Å². The molecule has 3 nitrogen and oxygen atoms in total. The molecular weight excluding hydrogens is 248 g/mol. The topological polar surface area (TPSA) is 24.5 Å². The SMILES string of the molecule is CCNC1C(N2CCCC(OCC)C2)CCCC1(C)C. The molecule has 3 atom stereocenters. The summed E-state index contributed by atoms with van der Waals surface area (Å²) in [4.78, 5) is 2.72. The Balaban J connectivity index is 2.04. The first-order valence-corrected chi connectivity index (χ1v) is 8.67. The minimum Gasteiger partial charge on any atom is -0.377 e. The lowest BCUT2D eigenvalue weighted by atomic mass is 9.70. The lowest BCUT2D eigenvalue weighted by molar-refractivity contribution is -0.0328. The first-order chi connectivity index (χ1) is 9.58. The molecule has 0 aromatic carbocycles. The Bertz CT molecular complexity index is 291. The van der Waals surface area contributed by atoms with Crippen molar-refractivity contribution in [2.75, 3.05) is 26.2 Å². The molecule has 0 aromatic heterocycles. The predicted octanol–water partition coefficient (Wildman–Crippen LogP) is 3.04. The summed E-state index contributed by atoms with van der Waals surface area (Å²) < 4.78 is 5.89. The molecule has 1 saturated carbocycles. The van der Waals surface area contributed by atoms with E-state index in [1.807, 2.05) is 0 Å². The summed E-state index contributed by atoms with van der Waals surface area (Å²) in [5.41, 5.74) is 0.414. The van der Waals surface area contributed by atoms with Gasteiger partial charge in [0, 0.05) is 25.2 Å². The van der Waals surface area contributed by atoms with E-state index in [-0.39, 0.29) is 0 Å². The Hall–Kier alpha value is -0.120. The third-order valence-electron chi connectivity index (χ3n) is 5.25. The second-order valence-corrected chi connectivity index (χ2v) is 7.20. The van der Waals surface area contributed by atoms with Crippen molar-refractivity contribution in [1.82, 2.24) is 10.2 Å². The molecule has 118 valence electrons. The Labute approximate surface area is 125 Å². The largest absolute Gasteiger partial charge is 0.377 e. The fraction of sp³-hybridized carbons (Fsp3) is 1.00. The summed E-state index contributed by atoms with van der Waals surface area (Å²) in [5, 5.41) is 3.79. The molecule has 1 aliphatic heterocycles. The van der Waals surface area contributed by atoms with Gasteiger partial charge in [0.25, 0.3) is 0 Å². The van der Waals surface area contributed by atoms with E-state index >= 15 is 0 Å². The molecule has 0 radical (unpaired) electrons. The summed E-state index contributed by atoms with van der Waals surface area (Å²) in [7, 11) is 0. The van der Waals surface area contributed by atoms with Crippen molar-refractivity contribution >= 4 is 0 Å². The van der Waals surface area contributed by atoms with Crippen LogP contribution in [0.1, 0.15) is 59.8 Å². The van der Waals surface area contributed by atoms with Gasteiger partial charge >= 0.3 is 0 Å². The van der Waals surface area contributed by atoms with Crippen LogP contribution in [0.2, 0.25) is 0 Å². The number of nitrogens with zero attached hydrogens (tertiary/aromatic N) is 1. The first-order valence-electron chi connectivity index (χ1n) is 8.67. The van der Waals surface area contributed by atoms with Crippen LogP contribution < -0.4 is 5.32 Å². The monoisotopic (exact) mass is 282 g/mol. The van der Waals surface area contributed by atoms with Gasteiger partial charge in [-0.2, -0.15) is 0 Å². The zero-order chi connectivity index (χ0) is 14.6. The fourth-order valence-corrected chi connectivity index (χ4v) is 4.27. The highest BCUT2D eigenvalue weighted by molar-refractivity contribution is 4.99. The minimum atomic E-state index is 0.414. The maximum absolute atomic E-state index is 5.89. The van der Waals surface area contributed by atoms with Crippen molar-refractivity contribution in [3.05, 3.63) is 0 Å². The maximum Gasteiger partial charge on any atom is 0.0702 e. The van der Waals surface area contributed by atoms with Gasteiger partial charge in [-0.1, -0.05) is 27.2 Å². The molecule has 3 heteroatoms. The maximum atomic E-state index is 5.89. The summed E-state index contributed by atoms with van der Waals surface area (Å²) in [5.74, 6) is 0. The fourth-order valence-electron chi connectivity index (χ4n) is 4.27. The van der Waals surface area contributed by atoms with Crippen LogP contribution in [0.25, 0.3) is 0 Å². The van der Waals surface area contributed by atoms with Crippen molar-refractivity contribution in [1.29, 1.82) is 0 Å². The van der Waals surface area contributed by atoms with Gasteiger partial charge < -0.3 is 10.1 Å². The van der Waals surface area contributed by atoms with Gasteiger partial charge in [-0.05, 0) is 51.1 Å². The van der Waals surface area contributed by atoms with Gasteiger partial charge in [-0.3, -0.25) is 4.90 Å². The molecule has 1 aliphatic carbocycles. The first kappa shape index (κ1) is 16.3. The van der Waals surface area contributed by atoms with Crippen LogP contribution in [0.4, 0.5) is 0 Å². The number of rotatable bonds is 5. The molecule has 2 fully saturated rings. The van der Waals surface area contributed by atoms with E-state index < -0.39 is 0 Å². The van der Waals surface area contributed by atoms with Gasteiger partial charge in [0.15, 0.2) is 0 Å². The van der Waals surface area contributed by atoms with Crippen LogP contribution in [0.15, 0.2) is 0 Å². The van der Waals surface area contributed by atoms with Gasteiger partial charge in [0.05, 0.1) is 6.10 Å². The molecule has 1 N–H and O–H groups in total. The van der Waals surface area contributed by atoms with Crippen LogP contribution in [-0.2, 0) is 4.74 Å².